The van der Waals surface area contributed by atoms with Gasteiger partial charge in [-0.25, -0.2) is 4.79 Å². The fourth-order valence-electron chi connectivity index (χ4n) is 4.97. The van der Waals surface area contributed by atoms with E-state index in [0.29, 0.717) is 52.6 Å². The van der Waals surface area contributed by atoms with Gasteiger partial charge in [-0.2, -0.15) is 0 Å². The summed E-state index contributed by atoms with van der Waals surface area (Å²) in [6, 6.07) is 13.3. The van der Waals surface area contributed by atoms with E-state index in [1.807, 2.05) is 36.4 Å². The molecule has 0 amide bonds. The summed E-state index contributed by atoms with van der Waals surface area (Å²) in [5, 5.41) is 0.478. The first kappa shape index (κ1) is 22.8. The van der Waals surface area contributed by atoms with E-state index in [4.69, 9.17) is 18.9 Å². The van der Waals surface area contributed by atoms with Crippen LogP contribution in [0.2, 0.25) is 0 Å². The van der Waals surface area contributed by atoms with Crippen LogP contribution in [-0.4, -0.2) is 41.6 Å². The first-order valence-corrected chi connectivity index (χ1v) is 11.2. The van der Waals surface area contributed by atoms with Gasteiger partial charge in [-0.3, -0.25) is 13.9 Å². The minimum absolute atomic E-state index is 0.345. The van der Waals surface area contributed by atoms with E-state index in [1.165, 1.54) is 11.6 Å². The number of aryl methyl sites for hydroxylation is 1. The fourth-order valence-corrected chi connectivity index (χ4v) is 4.97. The molecule has 5 rings (SSSR count). The monoisotopic (exact) mass is 477 g/mol. The van der Waals surface area contributed by atoms with Crippen molar-refractivity contribution in [2.24, 2.45) is 14.1 Å². The molecule has 3 heterocycles. The second-order valence-electron chi connectivity index (χ2n) is 8.38. The van der Waals surface area contributed by atoms with Gasteiger partial charge in [-0.05, 0) is 11.6 Å². The van der Waals surface area contributed by atoms with Gasteiger partial charge in [0.15, 0.2) is 11.5 Å². The van der Waals surface area contributed by atoms with E-state index in [0.717, 1.165) is 15.8 Å². The molecule has 2 aromatic heterocycles. The number of hydrogen-bond acceptors (Lipinski definition) is 6. The number of fused-ring (bicyclic) bond motifs is 3. The molecule has 1 aliphatic heterocycles. The Morgan fingerprint density at radius 2 is 1.54 bits per heavy atom. The maximum Gasteiger partial charge on any atom is 0.331 e. The summed E-state index contributed by atoms with van der Waals surface area (Å²) >= 11 is 0. The number of rotatable bonds is 5. The Bertz CT molecular complexity index is 1550. The Labute approximate surface area is 201 Å². The van der Waals surface area contributed by atoms with Gasteiger partial charge in [0.2, 0.25) is 0 Å². The van der Waals surface area contributed by atoms with Crippen molar-refractivity contribution in [1.29, 1.82) is 0 Å². The number of methoxy groups -OCH3 is 3. The van der Waals surface area contributed by atoms with Gasteiger partial charge in [-0.1, -0.05) is 30.3 Å². The molecule has 0 fully saturated rings. The average molecular weight is 478 g/mol. The summed E-state index contributed by atoms with van der Waals surface area (Å²) in [6.07, 6.45) is -0.615. The molecule has 0 bridgehead atoms. The van der Waals surface area contributed by atoms with E-state index in [9.17, 15) is 9.59 Å². The van der Waals surface area contributed by atoms with Crippen molar-refractivity contribution in [3.8, 4) is 28.5 Å². The number of benzene rings is 2. The predicted molar refractivity (Wildman–Crippen MR) is 132 cm³/mol. The van der Waals surface area contributed by atoms with Gasteiger partial charge in [0, 0.05) is 32.3 Å². The fraction of sp³-hybridized carbons (Fsp3) is 0.308. The highest BCUT2D eigenvalue weighted by atomic mass is 16.5. The molecule has 9 heteroatoms. The molecule has 0 N–H and O–H groups in total. The molecule has 1 unspecified atom stereocenters. The average Bonchev–Trinajstić information content (AvgIpc) is 3.26. The smallest absolute Gasteiger partial charge is 0.331 e. The van der Waals surface area contributed by atoms with Gasteiger partial charge in [-0.15, -0.1) is 0 Å². The Morgan fingerprint density at radius 1 is 0.886 bits per heavy atom. The van der Waals surface area contributed by atoms with Crippen LogP contribution in [0.25, 0.3) is 22.2 Å². The van der Waals surface area contributed by atoms with Gasteiger partial charge in [0.05, 0.1) is 50.2 Å². The first-order valence-electron chi connectivity index (χ1n) is 11.2. The molecule has 1 aliphatic rings. The molecule has 2 aromatic carbocycles. The summed E-state index contributed by atoms with van der Waals surface area (Å²) in [4.78, 5) is 26.5. The Hall–Kier alpha value is -3.98. The van der Waals surface area contributed by atoms with E-state index >= 15 is 0 Å². The van der Waals surface area contributed by atoms with Crippen LogP contribution in [0.1, 0.15) is 17.4 Å². The third kappa shape index (κ3) is 3.34. The molecule has 182 valence electrons. The predicted octanol–water partition coefficient (Wildman–Crippen LogP) is 2.85. The SMILES string of the molecule is COc1cc(OC)c(C2OCCn3c(-c4ccccc4)c4c(=O)n(C)c(=O)n(C)c4c32)cc1OC. The summed E-state index contributed by atoms with van der Waals surface area (Å²) in [7, 11) is 7.88. The zero-order valence-electron chi connectivity index (χ0n) is 20.3. The minimum atomic E-state index is -0.615. The maximum absolute atomic E-state index is 13.5. The van der Waals surface area contributed by atoms with Crippen LogP contribution < -0.4 is 25.5 Å². The zero-order valence-corrected chi connectivity index (χ0v) is 20.3. The van der Waals surface area contributed by atoms with Gasteiger partial charge in [0.1, 0.15) is 11.9 Å². The summed E-state index contributed by atoms with van der Waals surface area (Å²) < 4.78 is 27.7. The highest BCUT2D eigenvalue weighted by Crippen LogP contribution is 2.45. The van der Waals surface area contributed by atoms with E-state index in [-0.39, 0.29) is 5.56 Å². The molecule has 1 atom stereocenters. The molecule has 0 saturated heterocycles. The van der Waals surface area contributed by atoms with Crippen molar-refractivity contribution in [3.63, 3.8) is 0 Å². The van der Waals surface area contributed by atoms with Crippen molar-refractivity contribution >= 4 is 10.9 Å². The number of nitrogens with zero attached hydrogens (tertiary/aromatic N) is 3. The summed E-state index contributed by atoms with van der Waals surface area (Å²) in [5.74, 6) is 1.59. The van der Waals surface area contributed by atoms with Crippen LogP contribution in [0.5, 0.6) is 17.2 Å². The van der Waals surface area contributed by atoms with E-state index < -0.39 is 11.8 Å². The van der Waals surface area contributed by atoms with Crippen molar-refractivity contribution < 1.29 is 18.9 Å². The minimum Gasteiger partial charge on any atom is -0.496 e. The lowest BCUT2D eigenvalue weighted by molar-refractivity contribution is 0.0462. The van der Waals surface area contributed by atoms with Crippen LogP contribution in [0.3, 0.4) is 0 Å². The van der Waals surface area contributed by atoms with E-state index in [2.05, 4.69) is 4.57 Å². The zero-order chi connectivity index (χ0) is 24.9. The molecule has 0 spiro atoms. The normalized spacial score (nSPS) is 15.2. The lowest BCUT2D eigenvalue weighted by Gasteiger charge is -2.29. The van der Waals surface area contributed by atoms with Gasteiger partial charge >= 0.3 is 5.69 Å². The molecule has 0 saturated carbocycles. The first-order chi connectivity index (χ1) is 16.9. The van der Waals surface area contributed by atoms with Crippen molar-refractivity contribution in [2.75, 3.05) is 27.9 Å². The molecular formula is C26H27N3O6. The lowest BCUT2D eigenvalue weighted by atomic mass is 10.0. The highest BCUT2D eigenvalue weighted by Gasteiger charge is 2.35. The van der Waals surface area contributed by atoms with Crippen molar-refractivity contribution in [1.82, 2.24) is 13.7 Å². The van der Waals surface area contributed by atoms with Gasteiger partial charge in [0.25, 0.3) is 5.56 Å². The molecular weight excluding hydrogens is 450 g/mol. The third-order valence-electron chi connectivity index (χ3n) is 6.62. The van der Waals surface area contributed by atoms with Gasteiger partial charge < -0.3 is 23.5 Å². The standard InChI is InChI=1S/C26H27N3O6/c1-27-22-20(25(30)28(2)26(27)31)21(15-9-7-6-8-10-15)29-11-12-35-24(23(22)29)16-13-18(33-4)19(34-5)14-17(16)32-3/h6-10,13-14,24H,11-12H2,1-5H3. The molecule has 0 radical (unpaired) electrons. The Morgan fingerprint density at radius 3 is 2.20 bits per heavy atom. The Kier molecular flexibility index (Phi) is 5.64. The van der Waals surface area contributed by atoms with Crippen molar-refractivity contribution in [3.05, 3.63) is 74.6 Å². The molecule has 35 heavy (non-hydrogen) atoms. The molecule has 4 aromatic rings. The molecule has 0 aliphatic carbocycles. The number of hydrogen-bond donors (Lipinski definition) is 0. The summed E-state index contributed by atoms with van der Waals surface area (Å²) in [6.45, 7) is 0.932. The number of aromatic nitrogens is 3. The lowest BCUT2D eigenvalue weighted by Crippen LogP contribution is -2.37. The van der Waals surface area contributed by atoms with Crippen molar-refractivity contribution in [2.45, 2.75) is 12.6 Å². The molecule has 9 nitrogen and oxygen atoms in total. The quantitative estimate of drug-likeness (QED) is 0.440. The largest absolute Gasteiger partial charge is 0.496 e. The van der Waals surface area contributed by atoms with Crippen LogP contribution in [0, 0.1) is 0 Å². The second kappa shape index (κ2) is 8.66. The summed E-state index contributed by atoms with van der Waals surface area (Å²) in [5.41, 5.74) is 2.87. The van der Waals surface area contributed by atoms with Crippen LogP contribution in [0.15, 0.2) is 52.1 Å². The third-order valence-corrected chi connectivity index (χ3v) is 6.62. The van der Waals surface area contributed by atoms with Crippen LogP contribution in [-0.2, 0) is 25.4 Å². The highest BCUT2D eigenvalue weighted by molar-refractivity contribution is 5.96. The number of ether oxygens (including phenoxy) is 4. The maximum atomic E-state index is 13.5. The topological polar surface area (TPSA) is 85.9 Å². The van der Waals surface area contributed by atoms with Crippen LogP contribution >= 0.6 is 0 Å². The van der Waals surface area contributed by atoms with Crippen LogP contribution in [0.4, 0.5) is 0 Å². The second-order valence-corrected chi connectivity index (χ2v) is 8.38. The van der Waals surface area contributed by atoms with E-state index in [1.54, 1.807) is 34.4 Å². The Balaban J connectivity index is 1.92.